The fraction of sp³-hybridized carbons (Fsp3) is 0.222. The molecule has 0 saturated heterocycles. The Morgan fingerprint density at radius 1 is 1.00 bits per heavy atom. The molecule has 3 heterocycles. The van der Waals surface area contributed by atoms with Crippen LogP contribution in [0.15, 0.2) is 55.0 Å². The van der Waals surface area contributed by atoms with Crippen molar-refractivity contribution in [3.05, 3.63) is 55.0 Å². The maximum Gasteiger partial charge on any atom is 0.180 e. The Hall–Kier alpha value is -2.90. The first-order valence-corrected chi connectivity index (χ1v) is 7.80. The van der Waals surface area contributed by atoms with Crippen molar-refractivity contribution in [1.29, 1.82) is 0 Å². The zero-order valence-electron chi connectivity index (χ0n) is 14.1. The molecular weight excluding hydrogens is 318 g/mol. The van der Waals surface area contributed by atoms with E-state index in [-0.39, 0.29) is 6.29 Å². The van der Waals surface area contributed by atoms with E-state index in [1.807, 2.05) is 36.4 Å². The summed E-state index contributed by atoms with van der Waals surface area (Å²) in [6, 6.07) is 11.3. The molecular formula is C18H19N5O2. The number of nitrogens with one attached hydrogen (secondary N) is 1. The highest BCUT2D eigenvalue weighted by Crippen LogP contribution is 2.22. The second-order valence-electron chi connectivity index (χ2n) is 5.20. The molecule has 0 atom stereocenters. The van der Waals surface area contributed by atoms with E-state index < -0.39 is 0 Å². The summed E-state index contributed by atoms with van der Waals surface area (Å²) in [6.07, 6.45) is 4.84. The van der Waals surface area contributed by atoms with Gasteiger partial charge in [0.1, 0.15) is 11.5 Å². The summed E-state index contributed by atoms with van der Waals surface area (Å²) in [6.45, 7) is 0.456. The van der Waals surface area contributed by atoms with Crippen LogP contribution in [0.5, 0.6) is 0 Å². The molecule has 25 heavy (non-hydrogen) atoms. The van der Waals surface area contributed by atoms with Crippen molar-refractivity contribution in [3.63, 3.8) is 0 Å². The Morgan fingerprint density at radius 2 is 1.88 bits per heavy atom. The van der Waals surface area contributed by atoms with E-state index in [2.05, 4.69) is 25.3 Å². The highest BCUT2D eigenvalue weighted by atomic mass is 16.7. The SMILES string of the molecule is COC(CNc1cc(-c2cccnc2)nc(-c2ccccn2)n1)OC. The Labute approximate surface area is 146 Å². The lowest BCUT2D eigenvalue weighted by Gasteiger charge is -2.15. The molecule has 0 aromatic carbocycles. The average Bonchev–Trinajstić information content (AvgIpc) is 2.70. The number of hydrogen-bond acceptors (Lipinski definition) is 7. The van der Waals surface area contributed by atoms with Gasteiger partial charge < -0.3 is 14.8 Å². The molecule has 1 N–H and O–H groups in total. The molecule has 7 heteroatoms. The van der Waals surface area contributed by atoms with Crippen molar-refractivity contribution in [2.75, 3.05) is 26.1 Å². The standard InChI is InChI=1S/C18H19N5O2/c1-24-17(25-2)12-21-16-10-15(13-6-5-8-19-11-13)22-18(23-16)14-7-3-4-9-20-14/h3-11,17H,12H2,1-2H3,(H,21,22,23). The topological polar surface area (TPSA) is 82.0 Å². The lowest BCUT2D eigenvalue weighted by molar-refractivity contribution is -0.0914. The Balaban J connectivity index is 1.97. The third-order valence-electron chi connectivity index (χ3n) is 3.55. The molecule has 0 fully saturated rings. The first-order valence-electron chi connectivity index (χ1n) is 7.80. The molecule has 3 aromatic rings. The Morgan fingerprint density at radius 3 is 2.56 bits per heavy atom. The van der Waals surface area contributed by atoms with Crippen molar-refractivity contribution in [2.24, 2.45) is 0 Å². The number of ether oxygens (including phenoxy) is 2. The van der Waals surface area contributed by atoms with E-state index in [0.29, 0.717) is 23.9 Å². The molecule has 0 aliphatic heterocycles. The van der Waals surface area contributed by atoms with Gasteiger partial charge in [-0.05, 0) is 24.3 Å². The summed E-state index contributed by atoms with van der Waals surface area (Å²) in [7, 11) is 3.19. The number of pyridine rings is 2. The third-order valence-corrected chi connectivity index (χ3v) is 3.55. The van der Waals surface area contributed by atoms with Crippen LogP contribution in [-0.4, -0.2) is 47.0 Å². The van der Waals surface area contributed by atoms with Gasteiger partial charge in [-0.1, -0.05) is 6.07 Å². The quantitative estimate of drug-likeness (QED) is 0.664. The second-order valence-corrected chi connectivity index (χ2v) is 5.20. The van der Waals surface area contributed by atoms with Crippen molar-refractivity contribution in [3.8, 4) is 22.8 Å². The highest BCUT2D eigenvalue weighted by molar-refractivity contribution is 5.65. The fourth-order valence-electron chi connectivity index (χ4n) is 2.26. The molecule has 128 valence electrons. The minimum Gasteiger partial charge on any atom is -0.365 e. The molecule has 3 aromatic heterocycles. The molecule has 0 aliphatic rings. The van der Waals surface area contributed by atoms with Crippen LogP contribution in [0.2, 0.25) is 0 Å². The monoisotopic (exact) mass is 337 g/mol. The van der Waals surface area contributed by atoms with Crippen molar-refractivity contribution < 1.29 is 9.47 Å². The molecule has 0 unspecified atom stereocenters. The van der Waals surface area contributed by atoms with E-state index in [4.69, 9.17) is 9.47 Å². The maximum absolute atomic E-state index is 5.20. The summed E-state index contributed by atoms with van der Waals surface area (Å²) in [4.78, 5) is 17.7. The smallest absolute Gasteiger partial charge is 0.180 e. The minimum absolute atomic E-state index is 0.366. The van der Waals surface area contributed by atoms with Crippen LogP contribution in [0, 0.1) is 0 Å². The van der Waals surface area contributed by atoms with Crippen LogP contribution in [0.1, 0.15) is 0 Å². The normalized spacial score (nSPS) is 10.8. The lowest BCUT2D eigenvalue weighted by Crippen LogP contribution is -2.24. The summed E-state index contributed by atoms with van der Waals surface area (Å²) >= 11 is 0. The largest absolute Gasteiger partial charge is 0.365 e. The zero-order chi connectivity index (χ0) is 17.5. The zero-order valence-corrected chi connectivity index (χ0v) is 14.1. The lowest BCUT2D eigenvalue weighted by atomic mass is 10.2. The van der Waals surface area contributed by atoms with Gasteiger partial charge in [0.15, 0.2) is 12.1 Å². The van der Waals surface area contributed by atoms with Crippen LogP contribution >= 0.6 is 0 Å². The Bertz CT molecular complexity index is 737. The van der Waals surface area contributed by atoms with E-state index >= 15 is 0 Å². The molecule has 0 aliphatic carbocycles. The number of hydrogen-bond donors (Lipinski definition) is 1. The molecule has 0 bridgehead atoms. The first-order chi connectivity index (χ1) is 12.3. The van der Waals surface area contributed by atoms with Crippen LogP contribution < -0.4 is 5.32 Å². The van der Waals surface area contributed by atoms with Crippen LogP contribution in [0.4, 0.5) is 5.82 Å². The van der Waals surface area contributed by atoms with Crippen LogP contribution in [0.25, 0.3) is 22.8 Å². The molecule has 0 spiro atoms. The van der Waals surface area contributed by atoms with Gasteiger partial charge in [-0.3, -0.25) is 9.97 Å². The molecule has 3 rings (SSSR count). The van der Waals surface area contributed by atoms with Crippen molar-refractivity contribution >= 4 is 5.82 Å². The summed E-state index contributed by atoms with van der Waals surface area (Å²) < 4.78 is 10.4. The van der Waals surface area contributed by atoms with Gasteiger partial charge in [-0.15, -0.1) is 0 Å². The van der Waals surface area contributed by atoms with Gasteiger partial charge in [0, 0.05) is 44.4 Å². The van der Waals surface area contributed by atoms with Gasteiger partial charge >= 0.3 is 0 Å². The highest BCUT2D eigenvalue weighted by Gasteiger charge is 2.11. The van der Waals surface area contributed by atoms with Crippen molar-refractivity contribution in [1.82, 2.24) is 19.9 Å². The van der Waals surface area contributed by atoms with Crippen LogP contribution in [0.3, 0.4) is 0 Å². The predicted octanol–water partition coefficient (Wildman–Crippen LogP) is 2.63. The number of anilines is 1. The average molecular weight is 337 g/mol. The van der Waals surface area contributed by atoms with Gasteiger partial charge in [0.25, 0.3) is 0 Å². The van der Waals surface area contributed by atoms with E-state index in [1.165, 1.54) is 0 Å². The summed E-state index contributed by atoms with van der Waals surface area (Å²) in [5.74, 6) is 1.20. The maximum atomic E-state index is 5.20. The number of nitrogens with zero attached hydrogens (tertiary/aromatic N) is 4. The minimum atomic E-state index is -0.366. The summed E-state index contributed by atoms with van der Waals surface area (Å²) in [5, 5.41) is 3.22. The second kappa shape index (κ2) is 8.27. The van der Waals surface area contributed by atoms with Gasteiger partial charge in [-0.2, -0.15) is 0 Å². The van der Waals surface area contributed by atoms with Crippen molar-refractivity contribution in [2.45, 2.75) is 6.29 Å². The summed E-state index contributed by atoms with van der Waals surface area (Å²) in [5.41, 5.74) is 2.36. The predicted molar refractivity (Wildman–Crippen MR) is 94.8 cm³/mol. The first kappa shape index (κ1) is 16.9. The van der Waals surface area contributed by atoms with E-state index in [1.54, 1.807) is 32.8 Å². The number of aromatic nitrogens is 4. The number of rotatable bonds is 7. The van der Waals surface area contributed by atoms with E-state index in [9.17, 15) is 0 Å². The van der Waals surface area contributed by atoms with E-state index in [0.717, 1.165) is 11.3 Å². The fourth-order valence-corrected chi connectivity index (χ4v) is 2.26. The number of methoxy groups -OCH3 is 2. The molecule has 0 amide bonds. The molecule has 0 radical (unpaired) electrons. The molecule has 7 nitrogen and oxygen atoms in total. The van der Waals surface area contributed by atoms with Gasteiger partial charge in [-0.25, -0.2) is 9.97 Å². The van der Waals surface area contributed by atoms with Crippen LogP contribution in [-0.2, 0) is 9.47 Å². The molecule has 0 saturated carbocycles. The third kappa shape index (κ3) is 4.34. The van der Waals surface area contributed by atoms with Gasteiger partial charge in [0.05, 0.1) is 12.2 Å². The van der Waals surface area contributed by atoms with Gasteiger partial charge in [0.2, 0.25) is 0 Å². The Kier molecular flexibility index (Phi) is 5.61.